The lowest BCUT2D eigenvalue weighted by Crippen LogP contribution is -2.50. The summed E-state index contributed by atoms with van der Waals surface area (Å²) in [5, 5.41) is 12.5. The molecule has 0 aliphatic carbocycles. The Hall–Kier alpha value is -2.95. The number of benzene rings is 2. The predicted molar refractivity (Wildman–Crippen MR) is 130 cm³/mol. The zero-order chi connectivity index (χ0) is 24.9. The number of amides is 2. The molecule has 11 heteroatoms. The number of halogens is 1. The van der Waals surface area contributed by atoms with Crippen molar-refractivity contribution in [3.8, 4) is 0 Å². The van der Waals surface area contributed by atoms with Gasteiger partial charge in [0.2, 0.25) is 0 Å². The van der Waals surface area contributed by atoms with E-state index in [1.807, 2.05) is 0 Å². The predicted octanol–water partition coefficient (Wildman–Crippen LogP) is 2.61. The number of piperidine rings is 1. The first-order valence-corrected chi connectivity index (χ1v) is 13.4. The van der Waals surface area contributed by atoms with Crippen molar-refractivity contribution in [3.63, 3.8) is 0 Å². The van der Waals surface area contributed by atoms with Gasteiger partial charge in [0.1, 0.15) is 11.9 Å². The highest BCUT2D eigenvalue weighted by atomic mass is 35.5. The van der Waals surface area contributed by atoms with E-state index in [0.717, 1.165) is 11.1 Å². The molecule has 0 radical (unpaired) electrons. The lowest BCUT2D eigenvalue weighted by atomic mass is 10.0. The van der Waals surface area contributed by atoms with Crippen LogP contribution in [0.15, 0.2) is 47.5 Å². The van der Waals surface area contributed by atoms with Gasteiger partial charge in [-0.2, -0.15) is 0 Å². The molecule has 0 bridgehead atoms. The number of hydrogen-bond donors (Lipinski definition) is 1. The number of aromatic nitrogens is 2. The molecule has 0 unspecified atom stereocenters. The number of imidazole rings is 1. The molecule has 0 saturated carbocycles. The number of aryl methyl sites for hydroxylation is 1. The number of aliphatic hydroxyl groups is 1. The molecule has 1 saturated heterocycles. The minimum atomic E-state index is -3.90. The summed E-state index contributed by atoms with van der Waals surface area (Å²) < 4.78 is 27.4. The van der Waals surface area contributed by atoms with Gasteiger partial charge in [-0.05, 0) is 54.8 Å². The van der Waals surface area contributed by atoms with Gasteiger partial charge in [0, 0.05) is 24.2 Å². The summed E-state index contributed by atoms with van der Waals surface area (Å²) in [5.41, 5.74) is 0.850. The minimum Gasteiger partial charge on any atom is -0.382 e. The van der Waals surface area contributed by atoms with Crippen molar-refractivity contribution >= 4 is 44.1 Å². The van der Waals surface area contributed by atoms with E-state index in [4.69, 9.17) is 11.6 Å². The van der Waals surface area contributed by atoms with Crippen LogP contribution >= 0.6 is 11.6 Å². The van der Waals surface area contributed by atoms with Crippen molar-refractivity contribution in [2.24, 2.45) is 0 Å². The van der Waals surface area contributed by atoms with Gasteiger partial charge < -0.3 is 14.9 Å². The summed E-state index contributed by atoms with van der Waals surface area (Å²) in [6.07, 6.45) is 1.15. The van der Waals surface area contributed by atoms with Crippen molar-refractivity contribution in [2.45, 2.75) is 43.4 Å². The van der Waals surface area contributed by atoms with Gasteiger partial charge in [0.25, 0.3) is 5.91 Å². The normalized spacial score (nSPS) is 17.7. The van der Waals surface area contributed by atoms with Crippen molar-refractivity contribution < 1.29 is 23.1 Å². The van der Waals surface area contributed by atoms with Crippen LogP contribution in [0.3, 0.4) is 0 Å². The van der Waals surface area contributed by atoms with E-state index in [2.05, 4.69) is 4.98 Å². The Kier molecular flexibility index (Phi) is 6.06. The summed E-state index contributed by atoms with van der Waals surface area (Å²) in [7, 11) is -3.90. The average Bonchev–Trinajstić information content (AvgIpc) is 3.37. The Morgan fingerprint density at radius 3 is 2.57 bits per heavy atom. The third-order valence-corrected chi connectivity index (χ3v) is 8.75. The third kappa shape index (κ3) is 4.41. The highest BCUT2D eigenvalue weighted by Gasteiger charge is 2.37. The topological polar surface area (TPSA) is 113 Å². The molecule has 2 amide bonds. The van der Waals surface area contributed by atoms with Crippen LogP contribution in [0.1, 0.15) is 24.4 Å². The lowest BCUT2D eigenvalue weighted by Gasteiger charge is -2.37. The fourth-order valence-corrected chi connectivity index (χ4v) is 6.41. The average molecular weight is 517 g/mol. The number of carbonyl (C=O) groups is 2. The summed E-state index contributed by atoms with van der Waals surface area (Å²) >= 11 is 5.98. The molecule has 3 aromatic rings. The van der Waals surface area contributed by atoms with Crippen LogP contribution in [0.5, 0.6) is 0 Å². The fraction of sp³-hybridized carbons (Fsp3) is 0.375. The number of sulfone groups is 1. The van der Waals surface area contributed by atoms with Crippen molar-refractivity contribution in [1.82, 2.24) is 19.4 Å². The van der Waals surface area contributed by atoms with Crippen LogP contribution in [-0.2, 0) is 21.2 Å². The van der Waals surface area contributed by atoms with Crippen LogP contribution < -0.4 is 0 Å². The molecular weight excluding hydrogens is 492 g/mol. The third-order valence-electron chi connectivity index (χ3n) is 6.79. The monoisotopic (exact) mass is 516 g/mol. The number of aliphatic hydroxyl groups excluding tert-OH is 1. The van der Waals surface area contributed by atoms with Crippen LogP contribution in [0.4, 0.5) is 4.79 Å². The zero-order valence-corrected chi connectivity index (χ0v) is 20.7. The Labute approximate surface area is 207 Å². The second-order valence-electron chi connectivity index (χ2n) is 9.05. The van der Waals surface area contributed by atoms with E-state index in [9.17, 15) is 23.1 Å². The van der Waals surface area contributed by atoms with Crippen LogP contribution in [0.2, 0.25) is 5.02 Å². The number of carbonyl (C=O) groups excluding carboxylic acids is 2. The fourth-order valence-electron chi connectivity index (χ4n) is 4.89. The number of fused-ring (bicyclic) bond motifs is 2. The first-order valence-electron chi connectivity index (χ1n) is 11.4. The van der Waals surface area contributed by atoms with E-state index in [-0.39, 0.29) is 17.0 Å². The Bertz CT molecular complexity index is 1430. The number of nitrogens with zero attached hydrogens (tertiary/aromatic N) is 4. The van der Waals surface area contributed by atoms with Gasteiger partial charge in [-0.25, -0.2) is 18.2 Å². The maximum Gasteiger partial charge on any atom is 0.330 e. The maximum atomic E-state index is 12.9. The second-order valence-corrected chi connectivity index (χ2v) is 11.5. The van der Waals surface area contributed by atoms with Crippen LogP contribution in [0, 0.1) is 6.92 Å². The Morgan fingerprint density at radius 1 is 1.17 bits per heavy atom. The highest BCUT2D eigenvalue weighted by Crippen LogP contribution is 2.27. The van der Waals surface area contributed by atoms with Gasteiger partial charge in [-0.3, -0.25) is 9.36 Å². The summed E-state index contributed by atoms with van der Waals surface area (Å²) in [5.74, 6) is -0.657. The molecule has 1 atom stereocenters. The molecule has 35 heavy (non-hydrogen) atoms. The molecule has 2 aromatic carbocycles. The molecule has 9 nitrogen and oxygen atoms in total. The van der Waals surface area contributed by atoms with Gasteiger partial charge in [0.05, 0.1) is 29.1 Å². The van der Waals surface area contributed by atoms with Crippen LogP contribution in [-0.4, -0.2) is 75.8 Å². The maximum absolute atomic E-state index is 12.9. The molecule has 1 N–H and O–H groups in total. The molecule has 5 rings (SSSR count). The van der Waals surface area contributed by atoms with Crippen LogP contribution in [0.25, 0.3) is 10.8 Å². The molecule has 1 fully saturated rings. The minimum absolute atomic E-state index is 0.0298. The van der Waals surface area contributed by atoms with E-state index in [1.165, 1.54) is 17.0 Å². The first-order chi connectivity index (χ1) is 16.6. The van der Waals surface area contributed by atoms with Crippen molar-refractivity contribution in [2.75, 3.05) is 18.8 Å². The largest absolute Gasteiger partial charge is 0.382 e. The SMILES string of the molecule is Cc1ncc2n1C(=O)N(C1CCN(C(=O)[C@@H](O)CS(=O)(=O)c3ccc4cc(Cl)ccc4c3)CC1)C2. The number of likely N-dealkylation sites (tertiary alicyclic amines) is 1. The van der Waals surface area contributed by atoms with Gasteiger partial charge in [0.15, 0.2) is 9.84 Å². The Morgan fingerprint density at radius 2 is 1.86 bits per heavy atom. The van der Waals surface area contributed by atoms with E-state index >= 15 is 0 Å². The van der Waals surface area contributed by atoms with Crippen molar-refractivity contribution in [1.29, 1.82) is 0 Å². The number of rotatable bonds is 5. The summed E-state index contributed by atoms with van der Waals surface area (Å²) in [6, 6.07) is 9.62. The standard InChI is InChI=1S/C24H25ClN4O5S/c1-15-26-12-20-13-28(24(32)29(15)20)19-6-8-27(9-7-19)23(31)22(30)14-35(33,34)21-5-3-16-10-18(25)4-2-17(16)11-21/h2-5,10-12,19,22,30H,6-9,13-14H2,1H3/t22-/m0/s1. The zero-order valence-electron chi connectivity index (χ0n) is 19.1. The Balaban J connectivity index is 1.20. The second kappa shape index (κ2) is 8.92. The highest BCUT2D eigenvalue weighted by molar-refractivity contribution is 7.91. The quantitative estimate of drug-likeness (QED) is 0.557. The molecule has 2 aliphatic rings. The van der Waals surface area contributed by atoms with Gasteiger partial charge >= 0.3 is 6.03 Å². The smallest absolute Gasteiger partial charge is 0.330 e. The van der Waals surface area contributed by atoms with E-state index in [1.54, 1.807) is 46.9 Å². The molecule has 0 spiro atoms. The molecule has 3 heterocycles. The molecular formula is C24H25ClN4O5S. The first kappa shape index (κ1) is 23.8. The van der Waals surface area contributed by atoms with Gasteiger partial charge in [-0.15, -0.1) is 0 Å². The summed E-state index contributed by atoms with van der Waals surface area (Å²) in [6.45, 7) is 2.95. The lowest BCUT2D eigenvalue weighted by molar-refractivity contribution is -0.140. The van der Waals surface area contributed by atoms with Gasteiger partial charge in [-0.1, -0.05) is 23.7 Å². The molecule has 1 aromatic heterocycles. The number of hydrogen-bond acceptors (Lipinski definition) is 6. The summed E-state index contributed by atoms with van der Waals surface area (Å²) in [4.78, 5) is 33.1. The van der Waals surface area contributed by atoms with Crippen molar-refractivity contribution in [3.05, 3.63) is 59.1 Å². The van der Waals surface area contributed by atoms with E-state index in [0.29, 0.717) is 48.7 Å². The molecule has 184 valence electrons. The van der Waals surface area contributed by atoms with E-state index < -0.39 is 27.6 Å². The molecule has 2 aliphatic heterocycles.